The van der Waals surface area contributed by atoms with E-state index in [0.29, 0.717) is 6.42 Å². The number of esters is 2. The van der Waals surface area contributed by atoms with Crippen molar-refractivity contribution >= 4 is 51.1 Å². The Labute approximate surface area is 464 Å². The molecule has 0 bridgehead atoms. The molecule has 2 unspecified atom stereocenters. The number of aromatic nitrogens is 2. The normalized spacial score (nSPS) is 20.2. The molecule has 0 aliphatic carbocycles. The molecule has 78 heavy (non-hydrogen) atoms. The van der Waals surface area contributed by atoms with E-state index in [-0.39, 0.29) is 37.3 Å². The Morgan fingerprint density at radius 1 is 0.795 bits per heavy atom. The van der Waals surface area contributed by atoms with Crippen molar-refractivity contribution in [2.24, 2.45) is 5.73 Å². The monoisotopic (exact) mass is 1160 g/mol. The zero-order valence-corrected chi connectivity index (χ0v) is 48.0. The minimum atomic E-state index is -5.56. The van der Waals surface area contributed by atoms with Crippen molar-refractivity contribution in [2.75, 3.05) is 31.3 Å². The second-order valence-corrected chi connectivity index (χ2v) is 23.2. The highest BCUT2D eigenvalue weighted by Crippen LogP contribution is 2.60. The molecule has 1 saturated heterocycles. The number of carbonyl (C=O) groups excluding carboxylic acids is 2. The fourth-order valence-electron chi connectivity index (χ4n) is 7.69. The van der Waals surface area contributed by atoms with Crippen molar-refractivity contribution in [3.05, 3.63) is 83.5 Å². The van der Waals surface area contributed by atoms with E-state index in [2.05, 4.69) is 47.4 Å². The maximum atomic E-state index is 13.2. The van der Waals surface area contributed by atoms with Crippen molar-refractivity contribution in [2.45, 2.75) is 203 Å². The number of allylic oxidation sites excluding steroid dienone is 9. The molecule has 0 spiro atoms. The molecule has 1 fully saturated rings. The standard InChI is InChI=1S/C53H88N4O18P2S/c1-3-5-7-9-11-13-15-17-18-19-21-23-25-27-29-34-48(61)73-41(38-71-76(66,67)75-77(68,69)72-39-44-49(62)50(63)51(74-44)57-36-35-46(55)56-53(57)65)37-70-52(64)42(54)40-78-45(43(58)31-30-33-47(59)60)32-28-26-24-22-20-16-14-12-10-8-6-4-2/h12-15,20,22,24,26,28,32,35-36,41-45,49-51,58,62-63H,3-11,16-19,21,23,25,27,29-31,33-34,37-40,54H2,1-2H3,(H,59,60)(H,66,67)(H,68,69)(H2,55,56,65)/b14-12-,15-13-,22-20-,26-24+,32-28+/t41-,42+,43+,44-,45-,49-,50-,51-/m1/s1. The predicted octanol–water partition coefficient (Wildman–Crippen LogP) is 8.43. The van der Waals surface area contributed by atoms with Crippen LogP contribution < -0.4 is 17.2 Å². The van der Waals surface area contributed by atoms with Crippen molar-refractivity contribution in [1.29, 1.82) is 0 Å². The summed E-state index contributed by atoms with van der Waals surface area (Å²) < 4.78 is 57.0. The number of aliphatic hydroxyl groups is 3. The molecule has 22 nitrogen and oxygen atoms in total. The molecule has 1 aromatic heterocycles. The molecule has 2 heterocycles. The number of phosphoric ester groups is 2. The number of aliphatic carboxylic acids is 1. The van der Waals surface area contributed by atoms with Crippen LogP contribution in [0.15, 0.2) is 77.8 Å². The summed E-state index contributed by atoms with van der Waals surface area (Å²) in [4.78, 5) is 74.0. The second kappa shape index (κ2) is 41.2. The van der Waals surface area contributed by atoms with Crippen molar-refractivity contribution < 1.29 is 81.3 Å². The molecule has 0 amide bonds. The van der Waals surface area contributed by atoms with Gasteiger partial charge in [0.2, 0.25) is 0 Å². The smallest absolute Gasteiger partial charge is 0.481 e. The summed E-state index contributed by atoms with van der Waals surface area (Å²) in [5.74, 6) is -2.96. The van der Waals surface area contributed by atoms with E-state index in [1.165, 1.54) is 44.6 Å². The van der Waals surface area contributed by atoms with Crippen molar-refractivity contribution in [3.8, 4) is 0 Å². The van der Waals surface area contributed by atoms with E-state index in [1.807, 2.05) is 18.2 Å². The minimum absolute atomic E-state index is 0.0591. The molecule has 25 heteroatoms. The number of hydrogen-bond acceptors (Lipinski definition) is 19. The first-order valence-electron chi connectivity index (χ1n) is 27.2. The lowest BCUT2D eigenvalue weighted by atomic mass is 10.1. The van der Waals surface area contributed by atoms with E-state index >= 15 is 0 Å². The lowest BCUT2D eigenvalue weighted by molar-refractivity contribution is -0.161. The van der Waals surface area contributed by atoms with Crippen LogP contribution in [0.5, 0.6) is 0 Å². The largest absolute Gasteiger partial charge is 0.481 e. The Bertz CT molecular complexity index is 2180. The lowest BCUT2D eigenvalue weighted by Crippen LogP contribution is -2.38. The Hall–Kier alpha value is -3.80. The second-order valence-electron chi connectivity index (χ2n) is 18.9. The number of nitrogens with zero attached hydrogens (tertiary/aromatic N) is 2. The van der Waals surface area contributed by atoms with Gasteiger partial charge in [0.05, 0.1) is 19.3 Å². The van der Waals surface area contributed by atoms with E-state index in [1.54, 1.807) is 18.2 Å². The average Bonchev–Trinajstić information content (AvgIpc) is 3.67. The number of nitrogen functional groups attached to an aromatic ring is 1. The van der Waals surface area contributed by atoms with Gasteiger partial charge in [-0.2, -0.15) is 9.29 Å². The zero-order valence-electron chi connectivity index (χ0n) is 45.4. The lowest BCUT2D eigenvalue weighted by Gasteiger charge is -2.23. The van der Waals surface area contributed by atoms with Gasteiger partial charge in [-0.3, -0.25) is 28.0 Å². The first-order valence-corrected chi connectivity index (χ1v) is 31.3. The van der Waals surface area contributed by atoms with Gasteiger partial charge in [0.1, 0.15) is 36.8 Å². The third kappa shape index (κ3) is 32.5. The SMILES string of the molecule is CCCCC/C=C\C\C=C/C=C/C=C/[C@@H](SC[C@H](N)C(=O)OC[C@H](COP(=O)(O)OP(=O)(O)OC[C@H]1O[C@@H](n2ccc(N)nc2=O)[C@H](O)[C@@H]1O)OC(=O)CCCCCCCCC/C=C\CCCCCC)[C@@H](O)CCCC(=O)O. The number of anilines is 1. The number of phosphoric acid groups is 2. The van der Waals surface area contributed by atoms with Gasteiger partial charge in [-0.05, 0) is 70.3 Å². The molecular weight excluding hydrogens is 1070 g/mol. The van der Waals surface area contributed by atoms with Crippen LogP contribution in [0.2, 0.25) is 0 Å². The van der Waals surface area contributed by atoms with E-state index in [9.17, 15) is 53.4 Å². The molecule has 1 aliphatic rings. The van der Waals surface area contributed by atoms with E-state index in [0.717, 1.165) is 93.2 Å². The molecule has 1 aromatic rings. The number of carboxylic acid groups (broad SMARTS) is 1. The molecule has 0 aromatic carbocycles. The number of hydrogen-bond donors (Lipinski definition) is 8. The molecule has 10 N–H and O–H groups in total. The van der Waals surface area contributed by atoms with Gasteiger partial charge in [0.25, 0.3) is 0 Å². The predicted molar refractivity (Wildman–Crippen MR) is 299 cm³/mol. The number of unbranched alkanes of at least 4 members (excludes halogenated alkanes) is 14. The maximum absolute atomic E-state index is 13.2. The van der Waals surface area contributed by atoms with Gasteiger partial charge in [-0.1, -0.05) is 139 Å². The first-order chi connectivity index (χ1) is 37.3. The molecule has 2 rings (SSSR count). The highest BCUT2D eigenvalue weighted by Gasteiger charge is 2.46. The van der Waals surface area contributed by atoms with E-state index < -0.39 is 107 Å². The van der Waals surface area contributed by atoms with Gasteiger partial charge < -0.3 is 55.9 Å². The summed E-state index contributed by atoms with van der Waals surface area (Å²) in [5, 5.41) is 40.5. The van der Waals surface area contributed by atoms with Crippen LogP contribution in [-0.4, -0.2) is 125 Å². The number of aliphatic hydroxyl groups excluding tert-OH is 3. The van der Waals surface area contributed by atoms with Crippen LogP contribution in [0.4, 0.5) is 5.82 Å². The zero-order chi connectivity index (χ0) is 57.6. The fraction of sp³-hybridized carbons (Fsp3) is 0.679. The summed E-state index contributed by atoms with van der Waals surface area (Å²) in [6.07, 6.45) is 30.5. The number of nitrogens with two attached hydrogens (primary N) is 2. The van der Waals surface area contributed by atoms with Crippen LogP contribution in [0.3, 0.4) is 0 Å². The molecular formula is C53H88N4O18P2S. The van der Waals surface area contributed by atoms with E-state index in [4.69, 9.17) is 39.8 Å². The number of carbonyl (C=O) groups is 3. The highest BCUT2D eigenvalue weighted by atomic mass is 32.2. The van der Waals surface area contributed by atoms with Gasteiger partial charge in [0, 0.05) is 30.0 Å². The quantitative estimate of drug-likeness (QED) is 0.00998. The third-order valence-corrected chi connectivity index (χ3v) is 16.1. The summed E-state index contributed by atoms with van der Waals surface area (Å²) in [5.41, 5.74) is 10.8. The Morgan fingerprint density at radius 2 is 1.40 bits per heavy atom. The Kier molecular flexibility index (Phi) is 37.2. The number of thioether (sulfide) groups is 1. The molecule has 10 atom stereocenters. The maximum Gasteiger partial charge on any atom is 0.481 e. The van der Waals surface area contributed by atoms with Crippen molar-refractivity contribution in [3.63, 3.8) is 0 Å². The Morgan fingerprint density at radius 3 is 2.06 bits per heavy atom. The summed E-state index contributed by atoms with van der Waals surface area (Å²) >= 11 is 1.12. The molecule has 1 aliphatic heterocycles. The van der Waals surface area contributed by atoms with Gasteiger partial charge in [-0.25, -0.2) is 13.9 Å². The van der Waals surface area contributed by atoms with Crippen LogP contribution >= 0.6 is 27.4 Å². The Balaban J connectivity index is 2.04. The number of carboxylic acids is 1. The third-order valence-electron chi connectivity index (χ3n) is 12.1. The number of rotatable bonds is 45. The summed E-state index contributed by atoms with van der Waals surface area (Å²) in [7, 11) is -11.1. The van der Waals surface area contributed by atoms with Gasteiger partial charge in [0.15, 0.2) is 12.3 Å². The molecule has 444 valence electrons. The highest BCUT2D eigenvalue weighted by molar-refractivity contribution is 8.00. The molecule has 0 radical (unpaired) electrons. The summed E-state index contributed by atoms with van der Waals surface area (Å²) in [6, 6.07) is -0.0757. The van der Waals surface area contributed by atoms with Gasteiger partial charge >= 0.3 is 39.2 Å². The average molecular weight is 1160 g/mol. The first kappa shape index (κ1) is 70.3. The fourth-order valence-corrected chi connectivity index (χ4v) is 10.9. The van der Waals surface area contributed by atoms with Crippen LogP contribution in [0, 0.1) is 0 Å². The molecule has 0 saturated carbocycles. The van der Waals surface area contributed by atoms with Crippen LogP contribution in [0.1, 0.15) is 161 Å². The summed E-state index contributed by atoms with van der Waals surface area (Å²) in [6.45, 7) is 1.61. The minimum Gasteiger partial charge on any atom is -0.481 e. The van der Waals surface area contributed by atoms with Crippen LogP contribution in [0.25, 0.3) is 0 Å². The van der Waals surface area contributed by atoms with Crippen LogP contribution in [-0.2, 0) is 51.1 Å². The van der Waals surface area contributed by atoms with Gasteiger partial charge in [-0.15, -0.1) is 11.8 Å². The number of ether oxygens (including phenoxy) is 3. The topological polar surface area (TPSA) is 349 Å². The van der Waals surface area contributed by atoms with Crippen molar-refractivity contribution in [1.82, 2.24) is 9.55 Å².